The molecule has 30 heavy (non-hydrogen) atoms. The summed E-state index contributed by atoms with van der Waals surface area (Å²) in [5, 5.41) is 11.1. The van der Waals surface area contributed by atoms with E-state index in [9.17, 15) is 14.4 Å². The van der Waals surface area contributed by atoms with Gasteiger partial charge in [0.25, 0.3) is 5.91 Å². The molecule has 0 spiro atoms. The standard InChI is InChI=1S/C21H18N4O3.C2H6/c26-19-8-7-18(20(27)22-19)25-11-14-9-13-6-5-12-3-1-2-4-16(12)23-24-17(13)10-15(14)21(25)28;1-2/h1-4,9-10,18H,5-8,11H2,(H,22,26,27);1-2H3. The van der Waals surface area contributed by atoms with E-state index >= 15 is 0 Å². The lowest BCUT2D eigenvalue weighted by molar-refractivity contribution is -0.136. The molecule has 0 aromatic heterocycles. The zero-order valence-corrected chi connectivity index (χ0v) is 17.1. The van der Waals surface area contributed by atoms with Crippen LogP contribution in [-0.2, 0) is 29.0 Å². The average molecular weight is 404 g/mol. The molecular weight excluding hydrogens is 380 g/mol. The first-order valence-electron chi connectivity index (χ1n) is 10.4. The van der Waals surface area contributed by atoms with Crippen molar-refractivity contribution in [1.29, 1.82) is 0 Å². The summed E-state index contributed by atoms with van der Waals surface area (Å²) in [6.45, 7) is 4.38. The third kappa shape index (κ3) is 3.51. The van der Waals surface area contributed by atoms with Crippen molar-refractivity contribution in [3.8, 4) is 0 Å². The number of amides is 3. The van der Waals surface area contributed by atoms with Crippen molar-refractivity contribution < 1.29 is 14.4 Å². The van der Waals surface area contributed by atoms with Crippen LogP contribution in [0.4, 0.5) is 11.4 Å². The lowest BCUT2D eigenvalue weighted by Crippen LogP contribution is -2.52. The number of benzene rings is 2. The normalized spacial score (nSPS) is 19.6. The molecule has 0 aliphatic carbocycles. The molecule has 0 saturated carbocycles. The van der Waals surface area contributed by atoms with Crippen molar-refractivity contribution >= 4 is 29.1 Å². The Morgan fingerprint density at radius 1 is 0.900 bits per heavy atom. The van der Waals surface area contributed by atoms with Gasteiger partial charge in [-0.3, -0.25) is 19.7 Å². The minimum Gasteiger partial charge on any atom is -0.322 e. The molecule has 3 amide bonds. The number of hydrogen-bond acceptors (Lipinski definition) is 5. The fraction of sp³-hybridized carbons (Fsp3) is 0.348. The zero-order valence-electron chi connectivity index (χ0n) is 17.1. The third-order valence-corrected chi connectivity index (χ3v) is 5.64. The summed E-state index contributed by atoms with van der Waals surface area (Å²) in [6.07, 6.45) is 2.27. The predicted molar refractivity (Wildman–Crippen MR) is 112 cm³/mol. The molecule has 0 bridgehead atoms. The van der Waals surface area contributed by atoms with E-state index in [0.29, 0.717) is 24.2 Å². The van der Waals surface area contributed by atoms with Gasteiger partial charge in [-0.2, -0.15) is 10.2 Å². The summed E-state index contributed by atoms with van der Waals surface area (Å²) >= 11 is 0. The van der Waals surface area contributed by atoms with Crippen molar-refractivity contribution in [3.63, 3.8) is 0 Å². The van der Waals surface area contributed by atoms with E-state index in [1.807, 2.05) is 38.1 Å². The third-order valence-electron chi connectivity index (χ3n) is 5.64. The van der Waals surface area contributed by atoms with Gasteiger partial charge >= 0.3 is 0 Å². The molecule has 3 aliphatic heterocycles. The van der Waals surface area contributed by atoms with E-state index < -0.39 is 11.9 Å². The minimum absolute atomic E-state index is 0.190. The number of carbonyl (C=O) groups is 3. The maximum absolute atomic E-state index is 12.9. The second kappa shape index (κ2) is 8.18. The summed E-state index contributed by atoms with van der Waals surface area (Å²) in [5.41, 5.74) is 5.22. The van der Waals surface area contributed by atoms with Crippen molar-refractivity contribution in [1.82, 2.24) is 10.2 Å². The number of nitrogens with one attached hydrogen (secondary N) is 1. The van der Waals surface area contributed by atoms with Crippen molar-refractivity contribution in [2.24, 2.45) is 10.2 Å². The Kier molecular flexibility index (Phi) is 5.44. The molecule has 3 heterocycles. The van der Waals surface area contributed by atoms with Gasteiger partial charge < -0.3 is 4.90 Å². The number of imide groups is 1. The molecule has 3 aliphatic rings. The first-order chi connectivity index (χ1) is 14.6. The Bertz CT molecular complexity index is 1060. The molecule has 1 unspecified atom stereocenters. The highest BCUT2D eigenvalue weighted by Gasteiger charge is 2.39. The molecule has 7 nitrogen and oxygen atoms in total. The number of aryl methyl sites for hydroxylation is 2. The van der Waals surface area contributed by atoms with Gasteiger partial charge in [-0.05, 0) is 48.1 Å². The number of azo groups is 1. The summed E-state index contributed by atoms with van der Waals surface area (Å²) in [6, 6.07) is 11.1. The second-order valence-corrected chi connectivity index (χ2v) is 7.37. The molecule has 1 atom stereocenters. The van der Waals surface area contributed by atoms with Crippen LogP contribution in [0.3, 0.4) is 0 Å². The van der Waals surface area contributed by atoms with Gasteiger partial charge in [0.05, 0.1) is 11.4 Å². The Hall–Kier alpha value is -3.35. The average Bonchev–Trinajstić information content (AvgIpc) is 3.06. The summed E-state index contributed by atoms with van der Waals surface area (Å²) in [4.78, 5) is 38.1. The molecule has 1 saturated heterocycles. The van der Waals surface area contributed by atoms with Crippen LogP contribution in [-0.4, -0.2) is 28.7 Å². The molecule has 7 heteroatoms. The first-order valence-corrected chi connectivity index (χ1v) is 10.4. The van der Waals surface area contributed by atoms with Crippen LogP contribution >= 0.6 is 0 Å². The van der Waals surface area contributed by atoms with Crippen LogP contribution < -0.4 is 5.32 Å². The first kappa shape index (κ1) is 19.9. The number of nitrogens with zero attached hydrogens (tertiary/aromatic N) is 3. The van der Waals surface area contributed by atoms with Crippen molar-refractivity contribution in [3.05, 3.63) is 58.7 Å². The molecule has 154 valence electrons. The topological polar surface area (TPSA) is 91.2 Å². The molecule has 0 radical (unpaired) electrons. The number of piperidine rings is 1. The molecule has 1 N–H and O–H groups in total. The van der Waals surface area contributed by atoms with E-state index in [0.717, 1.165) is 35.2 Å². The number of rotatable bonds is 1. The van der Waals surface area contributed by atoms with Crippen molar-refractivity contribution in [2.75, 3.05) is 0 Å². The van der Waals surface area contributed by atoms with E-state index in [-0.39, 0.29) is 18.2 Å². The molecule has 2 aromatic carbocycles. The SMILES string of the molecule is CC.O=C1CCC(N2Cc3cc4c(cc3C2=O)N=Nc2ccccc2CC4)C(=O)N1. The monoisotopic (exact) mass is 404 g/mol. The van der Waals surface area contributed by atoms with E-state index in [4.69, 9.17) is 0 Å². The van der Waals surface area contributed by atoms with Crippen LogP contribution in [0, 0.1) is 0 Å². The molecule has 1 fully saturated rings. The fourth-order valence-electron chi connectivity index (χ4n) is 4.15. The Morgan fingerprint density at radius 2 is 1.63 bits per heavy atom. The van der Waals surface area contributed by atoms with Crippen LogP contribution in [0.1, 0.15) is 53.7 Å². The number of carbonyl (C=O) groups excluding carboxylic acids is 3. The number of fused-ring (bicyclic) bond motifs is 3. The van der Waals surface area contributed by atoms with Gasteiger partial charge in [-0.15, -0.1) is 0 Å². The van der Waals surface area contributed by atoms with E-state index in [1.54, 1.807) is 11.0 Å². The van der Waals surface area contributed by atoms with Gasteiger partial charge in [0.15, 0.2) is 0 Å². The van der Waals surface area contributed by atoms with E-state index in [2.05, 4.69) is 21.6 Å². The highest BCUT2D eigenvalue weighted by Crippen LogP contribution is 2.36. The molecule has 5 rings (SSSR count). The van der Waals surface area contributed by atoms with Crippen LogP contribution in [0.25, 0.3) is 0 Å². The lowest BCUT2D eigenvalue weighted by Gasteiger charge is -2.29. The van der Waals surface area contributed by atoms with Gasteiger partial charge in [-0.1, -0.05) is 38.1 Å². The lowest BCUT2D eigenvalue weighted by atomic mass is 9.97. The summed E-state index contributed by atoms with van der Waals surface area (Å²) in [5.74, 6) is -0.871. The molecule has 2 aromatic rings. The zero-order chi connectivity index (χ0) is 21.3. The highest BCUT2D eigenvalue weighted by atomic mass is 16.2. The largest absolute Gasteiger partial charge is 0.322 e. The van der Waals surface area contributed by atoms with Crippen LogP contribution in [0.15, 0.2) is 46.6 Å². The maximum Gasteiger partial charge on any atom is 0.255 e. The van der Waals surface area contributed by atoms with Gasteiger partial charge in [0, 0.05) is 18.5 Å². The van der Waals surface area contributed by atoms with Gasteiger partial charge in [-0.25, -0.2) is 0 Å². The smallest absolute Gasteiger partial charge is 0.255 e. The quantitative estimate of drug-likeness (QED) is 0.729. The summed E-state index contributed by atoms with van der Waals surface area (Å²) < 4.78 is 0. The Balaban J connectivity index is 0.00000106. The highest BCUT2D eigenvalue weighted by molar-refractivity contribution is 6.05. The van der Waals surface area contributed by atoms with Gasteiger partial charge in [0.2, 0.25) is 11.8 Å². The van der Waals surface area contributed by atoms with Crippen LogP contribution in [0.5, 0.6) is 0 Å². The Labute approximate surface area is 175 Å². The molecular formula is C23H24N4O3. The maximum atomic E-state index is 12.9. The van der Waals surface area contributed by atoms with Gasteiger partial charge in [0.1, 0.15) is 6.04 Å². The minimum atomic E-state index is -0.605. The van der Waals surface area contributed by atoms with E-state index in [1.165, 1.54) is 0 Å². The van der Waals surface area contributed by atoms with Crippen LogP contribution in [0.2, 0.25) is 0 Å². The summed E-state index contributed by atoms with van der Waals surface area (Å²) in [7, 11) is 0. The Morgan fingerprint density at radius 3 is 2.43 bits per heavy atom. The van der Waals surface area contributed by atoms with Crippen molar-refractivity contribution in [2.45, 2.75) is 52.1 Å². The predicted octanol–water partition coefficient (Wildman–Crippen LogP) is 3.99. The fourth-order valence-corrected chi connectivity index (χ4v) is 4.15. The number of hydrogen-bond donors (Lipinski definition) is 1. The second-order valence-electron chi connectivity index (χ2n) is 7.37.